The summed E-state index contributed by atoms with van der Waals surface area (Å²) in [6, 6.07) is 21.1. The molecular formula is C25H30N6O2S. The molecule has 0 radical (unpaired) electrons. The molecule has 2 fully saturated rings. The van der Waals surface area contributed by atoms with E-state index in [1.807, 2.05) is 54.6 Å². The summed E-state index contributed by atoms with van der Waals surface area (Å²) in [5.74, 6) is 1.69. The van der Waals surface area contributed by atoms with Gasteiger partial charge in [-0.3, -0.25) is 0 Å². The highest BCUT2D eigenvalue weighted by molar-refractivity contribution is 7.89. The number of piperazine rings is 2. The molecule has 3 heterocycles. The smallest absolute Gasteiger partial charge is 0.243 e. The highest BCUT2D eigenvalue weighted by atomic mass is 32.2. The number of sulfonamides is 1. The number of aromatic nitrogens is 2. The molecule has 0 saturated carbocycles. The van der Waals surface area contributed by atoms with Crippen LogP contribution in [0.3, 0.4) is 0 Å². The van der Waals surface area contributed by atoms with E-state index in [9.17, 15) is 8.42 Å². The Labute approximate surface area is 201 Å². The van der Waals surface area contributed by atoms with Gasteiger partial charge < -0.3 is 14.7 Å². The van der Waals surface area contributed by atoms with Crippen molar-refractivity contribution in [3.8, 4) is 11.1 Å². The zero-order valence-electron chi connectivity index (χ0n) is 19.4. The zero-order chi connectivity index (χ0) is 23.5. The molecule has 178 valence electrons. The SMILES string of the molecule is CN1CCN(c2ccc(N3CCN(S(=O)(=O)c4ccc(-c5ccccc5)cc4)CC3)nn2)CC1. The second-order valence-corrected chi connectivity index (χ2v) is 10.8. The molecule has 0 unspecified atom stereocenters. The lowest BCUT2D eigenvalue weighted by atomic mass is 10.1. The van der Waals surface area contributed by atoms with Gasteiger partial charge in [-0.2, -0.15) is 4.31 Å². The van der Waals surface area contributed by atoms with Crippen molar-refractivity contribution >= 4 is 21.7 Å². The molecule has 0 aliphatic carbocycles. The minimum atomic E-state index is -3.53. The highest BCUT2D eigenvalue weighted by Gasteiger charge is 2.29. The first-order valence-electron chi connectivity index (χ1n) is 11.7. The van der Waals surface area contributed by atoms with E-state index in [1.165, 1.54) is 0 Å². The second kappa shape index (κ2) is 9.69. The standard InChI is InChI=1S/C25H30N6O2S/c1-28-13-15-29(16-14-28)24-11-12-25(27-26-24)30-17-19-31(20-18-30)34(32,33)23-9-7-22(8-10-23)21-5-3-2-4-6-21/h2-12H,13-20H2,1H3. The van der Waals surface area contributed by atoms with Gasteiger partial charge in [-0.05, 0) is 42.4 Å². The molecule has 34 heavy (non-hydrogen) atoms. The van der Waals surface area contributed by atoms with Crippen molar-refractivity contribution < 1.29 is 8.42 Å². The first-order chi connectivity index (χ1) is 16.5. The van der Waals surface area contributed by atoms with Crippen molar-refractivity contribution in [2.75, 3.05) is 69.2 Å². The predicted octanol–water partition coefficient (Wildman–Crippen LogP) is 2.41. The van der Waals surface area contributed by atoms with Crippen LogP contribution in [0.4, 0.5) is 11.6 Å². The predicted molar refractivity (Wildman–Crippen MR) is 135 cm³/mol. The van der Waals surface area contributed by atoms with Gasteiger partial charge >= 0.3 is 0 Å². The summed E-state index contributed by atoms with van der Waals surface area (Å²) in [5, 5.41) is 8.87. The molecule has 0 N–H and O–H groups in total. The van der Waals surface area contributed by atoms with Gasteiger partial charge in [0.15, 0.2) is 11.6 Å². The van der Waals surface area contributed by atoms with E-state index < -0.39 is 10.0 Å². The molecule has 0 bridgehead atoms. The fourth-order valence-electron chi connectivity index (χ4n) is 4.45. The molecule has 0 spiro atoms. The van der Waals surface area contributed by atoms with E-state index in [0.29, 0.717) is 31.1 Å². The Kier molecular flexibility index (Phi) is 6.49. The second-order valence-electron chi connectivity index (χ2n) is 8.82. The molecule has 9 heteroatoms. The summed E-state index contributed by atoms with van der Waals surface area (Å²) >= 11 is 0. The van der Waals surface area contributed by atoms with Crippen molar-refractivity contribution in [2.45, 2.75) is 4.90 Å². The number of anilines is 2. The van der Waals surface area contributed by atoms with Crippen LogP contribution in [-0.2, 0) is 10.0 Å². The van der Waals surface area contributed by atoms with E-state index in [1.54, 1.807) is 16.4 Å². The van der Waals surface area contributed by atoms with Crippen LogP contribution in [0.25, 0.3) is 11.1 Å². The van der Waals surface area contributed by atoms with Crippen molar-refractivity contribution in [3.05, 3.63) is 66.7 Å². The largest absolute Gasteiger partial charge is 0.353 e. The summed E-state index contributed by atoms with van der Waals surface area (Å²) in [4.78, 5) is 7.00. The zero-order valence-corrected chi connectivity index (χ0v) is 20.2. The van der Waals surface area contributed by atoms with E-state index in [2.05, 4.69) is 31.9 Å². The van der Waals surface area contributed by atoms with Crippen molar-refractivity contribution in [2.24, 2.45) is 0 Å². The Hall–Kier alpha value is -3.01. The Morgan fingerprint density at radius 1 is 0.618 bits per heavy atom. The van der Waals surface area contributed by atoms with E-state index in [4.69, 9.17) is 0 Å². The monoisotopic (exact) mass is 478 g/mol. The average molecular weight is 479 g/mol. The van der Waals surface area contributed by atoms with Crippen molar-refractivity contribution in [1.29, 1.82) is 0 Å². The Morgan fingerprint density at radius 3 is 1.65 bits per heavy atom. The van der Waals surface area contributed by atoms with Gasteiger partial charge in [-0.15, -0.1) is 10.2 Å². The maximum absolute atomic E-state index is 13.2. The van der Waals surface area contributed by atoms with Crippen LogP contribution in [0, 0.1) is 0 Å². The van der Waals surface area contributed by atoms with Crippen LogP contribution >= 0.6 is 0 Å². The van der Waals surface area contributed by atoms with Gasteiger partial charge in [0, 0.05) is 52.4 Å². The van der Waals surface area contributed by atoms with E-state index in [0.717, 1.165) is 48.9 Å². The van der Waals surface area contributed by atoms with Crippen LogP contribution in [0.5, 0.6) is 0 Å². The molecule has 3 aromatic rings. The van der Waals surface area contributed by atoms with Gasteiger partial charge in [-0.25, -0.2) is 8.42 Å². The summed E-state index contributed by atoms with van der Waals surface area (Å²) in [5.41, 5.74) is 2.07. The van der Waals surface area contributed by atoms with Gasteiger partial charge in [0.2, 0.25) is 10.0 Å². The molecule has 5 rings (SSSR count). The van der Waals surface area contributed by atoms with Crippen LogP contribution in [-0.4, -0.2) is 87.2 Å². The molecular weight excluding hydrogens is 448 g/mol. The third kappa shape index (κ3) is 4.77. The fraction of sp³-hybridized carbons (Fsp3) is 0.360. The maximum atomic E-state index is 13.2. The quantitative estimate of drug-likeness (QED) is 0.558. The lowest BCUT2D eigenvalue weighted by molar-refractivity contribution is 0.312. The lowest BCUT2D eigenvalue weighted by Crippen LogP contribution is -2.49. The minimum Gasteiger partial charge on any atom is -0.353 e. The van der Waals surface area contributed by atoms with Crippen LogP contribution < -0.4 is 9.80 Å². The number of hydrogen-bond acceptors (Lipinski definition) is 7. The molecule has 0 atom stereocenters. The molecule has 1 aromatic heterocycles. The molecule has 0 amide bonds. The van der Waals surface area contributed by atoms with Gasteiger partial charge in [0.1, 0.15) is 0 Å². The number of likely N-dealkylation sites (N-methyl/N-ethyl adjacent to an activating group) is 1. The van der Waals surface area contributed by atoms with Gasteiger partial charge in [-0.1, -0.05) is 42.5 Å². The summed E-state index contributed by atoms with van der Waals surface area (Å²) in [6.07, 6.45) is 0. The Bertz CT molecular complexity index is 1190. The van der Waals surface area contributed by atoms with Gasteiger partial charge in [0.25, 0.3) is 0 Å². The van der Waals surface area contributed by atoms with Crippen molar-refractivity contribution in [3.63, 3.8) is 0 Å². The van der Waals surface area contributed by atoms with E-state index >= 15 is 0 Å². The minimum absolute atomic E-state index is 0.331. The molecule has 2 aromatic carbocycles. The number of rotatable bonds is 5. The third-order valence-electron chi connectivity index (χ3n) is 6.63. The highest BCUT2D eigenvalue weighted by Crippen LogP contribution is 2.24. The third-order valence-corrected chi connectivity index (χ3v) is 8.54. The lowest BCUT2D eigenvalue weighted by Gasteiger charge is -2.35. The van der Waals surface area contributed by atoms with Crippen LogP contribution in [0.1, 0.15) is 0 Å². The maximum Gasteiger partial charge on any atom is 0.243 e. The summed E-state index contributed by atoms with van der Waals surface area (Å²) < 4.78 is 27.9. The summed E-state index contributed by atoms with van der Waals surface area (Å²) in [7, 11) is -1.40. The fourth-order valence-corrected chi connectivity index (χ4v) is 5.87. The summed E-state index contributed by atoms with van der Waals surface area (Å²) in [6.45, 7) is 5.97. The number of benzene rings is 2. The van der Waals surface area contributed by atoms with E-state index in [-0.39, 0.29) is 0 Å². The number of nitrogens with zero attached hydrogens (tertiary/aromatic N) is 6. The first kappa shape index (κ1) is 22.8. The van der Waals surface area contributed by atoms with Crippen LogP contribution in [0.2, 0.25) is 0 Å². The molecule has 8 nitrogen and oxygen atoms in total. The van der Waals surface area contributed by atoms with Gasteiger partial charge in [0.05, 0.1) is 4.90 Å². The van der Waals surface area contributed by atoms with Crippen molar-refractivity contribution in [1.82, 2.24) is 19.4 Å². The number of hydrogen-bond donors (Lipinski definition) is 0. The normalized spacial score (nSPS) is 18.3. The molecule has 2 aliphatic heterocycles. The average Bonchev–Trinajstić information content (AvgIpc) is 2.90. The first-order valence-corrected chi connectivity index (χ1v) is 13.1. The Balaban J connectivity index is 1.20. The molecule has 2 aliphatic rings. The molecule has 2 saturated heterocycles. The Morgan fingerprint density at radius 2 is 1.12 bits per heavy atom. The van der Waals surface area contributed by atoms with Crippen LogP contribution in [0.15, 0.2) is 71.6 Å². The topological polar surface area (TPSA) is 72.9 Å².